The Kier molecular flexibility index (Phi) is 5.09. The molecule has 122 valence electrons. The summed E-state index contributed by atoms with van der Waals surface area (Å²) in [6.45, 7) is 1.70. The van der Waals surface area contributed by atoms with E-state index in [2.05, 4.69) is 15.3 Å². The largest absolute Gasteiger partial charge is 0.417 e. The zero-order valence-corrected chi connectivity index (χ0v) is 12.7. The van der Waals surface area contributed by atoms with E-state index in [1.165, 1.54) is 12.3 Å². The summed E-state index contributed by atoms with van der Waals surface area (Å²) in [6, 6.07) is 4.92. The second-order valence-electron chi connectivity index (χ2n) is 4.37. The van der Waals surface area contributed by atoms with Gasteiger partial charge in [-0.3, -0.25) is 9.00 Å². The van der Waals surface area contributed by atoms with E-state index in [-0.39, 0.29) is 16.4 Å². The molecule has 1 amide bonds. The lowest BCUT2D eigenvalue weighted by atomic mass is 10.2. The quantitative estimate of drug-likeness (QED) is 0.927. The number of amides is 1. The van der Waals surface area contributed by atoms with Crippen LogP contribution in [0.1, 0.15) is 23.0 Å². The molecule has 2 aromatic rings. The molecule has 0 aliphatic carbocycles. The van der Waals surface area contributed by atoms with Crippen molar-refractivity contribution in [2.24, 2.45) is 0 Å². The molecule has 2 aromatic heterocycles. The fraction of sp³-hybridized carbons (Fsp3) is 0.214. The molecule has 1 atom stereocenters. The second-order valence-corrected chi connectivity index (χ2v) is 6.08. The summed E-state index contributed by atoms with van der Waals surface area (Å²) in [4.78, 5) is 19.9. The van der Waals surface area contributed by atoms with Crippen molar-refractivity contribution in [1.82, 2.24) is 9.97 Å². The topological polar surface area (TPSA) is 72.0 Å². The van der Waals surface area contributed by atoms with Crippen LogP contribution in [-0.2, 0) is 17.0 Å². The first kappa shape index (κ1) is 17.1. The van der Waals surface area contributed by atoms with Gasteiger partial charge in [-0.05, 0) is 24.3 Å². The summed E-state index contributed by atoms with van der Waals surface area (Å²) in [5.41, 5.74) is -0.963. The van der Waals surface area contributed by atoms with Crippen molar-refractivity contribution in [3.05, 3.63) is 47.9 Å². The molecule has 2 rings (SSSR count). The zero-order chi connectivity index (χ0) is 17.0. The van der Waals surface area contributed by atoms with Crippen LogP contribution in [0.2, 0.25) is 0 Å². The lowest BCUT2D eigenvalue weighted by molar-refractivity contribution is -0.137. The van der Waals surface area contributed by atoms with E-state index < -0.39 is 28.4 Å². The number of nitrogens with zero attached hydrogens (tertiary/aromatic N) is 2. The molecule has 0 spiro atoms. The van der Waals surface area contributed by atoms with E-state index in [0.29, 0.717) is 11.9 Å². The highest BCUT2D eigenvalue weighted by molar-refractivity contribution is 7.85. The number of hydrogen-bond acceptors (Lipinski definition) is 4. The molecule has 0 radical (unpaired) electrons. The Balaban J connectivity index is 2.22. The van der Waals surface area contributed by atoms with Crippen molar-refractivity contribution in [3.8, 4) is 0 Å². The third kappa shape index (κ3) is 4.13. The van der Waals surface area contributed by atoms with Gasteiger partial charge < -0.3 is 5.32 Å². The molecule has 2 heterocycles. The summed E-state index contributed by atoms with van der Waals surface area (Å²) in [5.74, 6) is -0.429. The smallest absolute Gasteiger partial charge is 0.305 e. The van der Waals surface area contributed by atoms with Crippen LogP contribution >= 0.6 is 0 Å². The lowest BCUT2D eigenvalue weighted by Crippen LogP contribution is -2.18. The van der Waals surface area contributed by atoms with Gasteiger partial charge in [-0.1, -0.05) is 6.92 Å². The minimum Gasteiger partial charge on any atom is -0.305 e. The first-order valence-electron chi connectivity index (χ1n) is 6.51. The Morgan fingerprint density at radius 1 is 1.26 bits per heavy atom. The van der Waals surface area contributed by atoms with Crippen molar-refractivity contribution in [3.63, 3.8) is 0 Å². The average Bonchev–Trinajstić information content (AvgIpc) is 2.53. The second kappa shape index (κ2) is 6.86. The van der Waals surface area contributed by atoms with Gasteiger partial charge in [0.1, 0.15) is 11.5 Å². The van der Waals surface area contributed by atoms with Crippen LogP contribution in [0.3, 0.4) is 0 Å². The van der Waals surface area contributed by atoms with Crippen LogP contribution in [0.4, 0.5) is 19.0 Å². The summed E-state index contributed by atoms with van der Waals surface area (Å²) < 4.78 is 49.3. The molecule has 0 saturated carbocycles. The molecule has 0 fully saturated rings. The van der Waals surface area contributed by atoms with Crippen molar-refractivity contribution < 1.29 is 22.2 Å². The number of aromatic nitrogens is 2. The number of hydrogen-bond donors (Lipinski definition) is 1. The molecule has 5 nitrogen and oxygen atoms in total. The van der Waals surface area contributed by atoms with Crippen molar-refractivity contribution >= 4 is 22.5 Å². The number of anilines is 1. The van der Waals surface area contributed by atoms with Crippen molar-refractivity contribution in [2.45, 2.75) is 18.0 Å². The molecule has 0 bridgehead atoms. The van der Waals surface area contributed by atoms with Crippen molar-refractivity contribution in [1.29, 1.82) is 0 Å². The molecule has 9 heteroatoms. The molecular weight excluding hydrogens is 331 g/mol. The van der Waals surface area contributed by atoms with E-state index in [9.17, 15) is 22.2 Å². The van der Waals surface area contributed by atoms with Gasteiger partial charge in [0.2, 0.25) is 0 Å². The number of rotatable bonds is 4. The Morgan fingerprint density at radius 3 is 2.57 bits per heavy atom. The van der Waals surface area contributed by atoms with E-state index in [1.54, 1.807) is 13.0 Å². The Morgan fingerprint density at radius 2 is 2.00 bits per heavy atom. The molecule has 1 N–H and O–H groups in total. The van der Waals surface area contributed by atoms with Gasteiger partial charge >= 0.3 is 6.18 Å². The predicted molar refractivity (Wildman–Crippen MR) is 78.4 cm³/mol. The predicted octanol–water partition coefficient (Wildman–Crippen LogP) is 2.88. The monoisotopic (exact) mass is 343 g/mol. The number of nitrogens with one attached hydrogen (secondary N) is 1. The molecule has 1 unspecified atom stereocenters. The molecule has 0 aliphatic heterocycles. The summed E-state index contributed by atoms with van der Waals surface area (Å²) >= 11 is 0. The Labute approximate surface area is 132 Å². The first-order chi connectivity index (χ1) is 10.8. The molecule has 23 heavy (non-hydrogen) atoms. The van der Waals surface area contributed by atoms with Gasteiger partial charge in [-0.15, -0.1) is 0 Å². The average molecular weight is 343 g/mol. The van der Waals surface area contributed by atoms with Crippen molar-refractivity contribution in [2.75, 3.05) is 11.1 Å². The van der Waals surface area contributed by atoms with Gasteiger partial charge in [-0.25, -0.2) is 9.97 Å². The lowest BCUT2D eigenvalue weighted by Gasteiger charge is -2.09. The first-order valence-corrected chi connectivity index (χ1v) is 7.82. The van der Waals surface area contributed by atoms with Gasteiger partial charge in [0.05, 0.1) is 21.3 Å². The van der Waals surface area contributed by atoms with E-state index >= 15 is 0 Å². The standard InChI is InChI=1S/C14H12F3N3O2S/c1-2-23(22)10-4-3-7-18-12(10)13(21)20-11-6-5-9(8-19-11)14(15,16)17/h3-8H,2H2,1H3,(H,19,20,21). The van der Waals surface area contributed by atoms with Gasteiger partial charge in [-0.2, -0.15) is 13.2 Å². The molecule has 0 aromatic carbocycles. The molecule has 0 aliphatic rings. The maximum Gasteiger partial charge on any atom is 0.417 e. The summed E-state index contributed by atoms with van der Waals surface area (Å²) in [5, 5.41) is 2.34. The maximum absolute atomic E-state index is 12.5. The third-order valence-electron chi connectivity index (χ3n) is 2.83. The highest BCUT2D eigenvalue weighted by Crippen LogP contribution is 2.28. The number of pyridine rings is 2. The van der Waals surface area contributed by atoms with E-state index in [1.807, 2.05) is 0 Å². The number of halogens is 3. The third-order valence-corrected chi connectivity index (χ3v) is 4.17. The van der Waals surface area contributed by atoms with Crippen LogP contribution in [-0.4, -0.2) is 25.8 Å². The zero-order valence-electron chi connectivity index (χ0n) is 11.9. The fourth-order valence-corrected chi connectivity index (χ4v) is 2.61. The minimum atomic E-state index is -4.50. The Bertz CT molecular complexity index is 733. The summed E-state index contributed by atoms with van der Waals surface area (Å²) in [7, 11) is -1.39. The van der Waals surface area contributed by atoms with Gasteiger partial charge in [0.25, 0.3) is 5.91 Å². The van der Waals surface area contributed by atoms with E-state index in [0.717, 1.165) is 12.1 Å². The van der Waals surface area contributed by atoms with Crippen LogP contribution < -0.4 is 5.32 Å². The van der Waals surface area contributed by atoms with Crippen LogP contribution in [0.5, 0.6) is 0 Å². The number of carbonyl (C=O) groups excluding carboxylic acids is 1. The maximum atomic E-state index is 12.5. The normalized spacial score (nSPS) is 12.7. The van der Waals surface area contributed by atoms with E-state index in [4.69, 9.17) is 0 Å². The van der Waals surface area contributed by atoms with Gasteiger partial charge in [0, 0.05) is 18.1 Å². The molecule has 0 saturated heterocycles. The highest BCUT2D eigenvalue weighted by Gasteiger charge is 2.30. The van der Waals surface area contributed by atoms with Crippen LogP contribution in [0.25, 0.3) is 0 Å². The minimum absolute atomic E-state index is 0.0469. The van der Waals surface area contributed by atoms with Gasteiger partial charge in [0.15, 0.2) is 0 Å². The Hall–Kier alpha value is -2.29. The highest BCUT2D eigenvalue weighted by atomic mass is 32.2. The van der Waals surface area contributed by atoms with Crippen LogP contribution in [0.15, 0.2) is 41.6 Å². The summed E-state index contributed by atoms with van der Waals surface area (Å²) in [6.07, 6.45) is -2.51. The SMILES string of the molecule is CCS(=O)c1cccnc1C(=O)Nc1ccc(C(F)(F)F)cn1. The number of carbonyl (C=O) groups is 1. The van der Waals surface area contributed by atoms with Crippen LogP contribution in [0, 0.1) is 0 Å². The molecular formula is C14H12F3N3O2S. The fourth-order valence-electron chi connectivity index (χ4n) is 1.71. The number of alkyl halides is 3.